The molecule has 1 aliphatic rings. The Labute approximate surface area is 711 Å². The van der Waals surface area contributed by atoms with E-state index < -0.39 is 162 Å². The highest BCUT2D eigenvalue weighted by atomic mass is 127. The summed E-state index contributed by atoms with van der Waals surface area (Å²) in [4.78, 5) is 183. The number of nitrogens with two attached hydrogens (primary N) is 3. The zero-order chi connectivity index (χ0) is 86.4. The van der Waals surface area contributed by atoms with Crippen LogP contribution in [-0.4, -0.2) is 224 Å². The molecule has 6 aromatic carbocycles. The maximum Gasteiger partial charge on any atom is 0.245 e. The Bertz CT molecular complexity index is 4590. The lowest BCUT2D eigenvalue weighted by molar-refractivity contribution is -0.143. The van der Waals surface area contributed by atoms with E-state index in [-0.39, 0.29) is 81.2 Å². The van der Waals surface area contributed by atoms with Gasteiger partial charge in [0.15, 0.2) is 0 Å². The number of primary amides is 1. The number of aromatic nitrogens is 1. The van der Waals surface area contributed by atoms with Gasteiger partial charge < -0.3 is 106 Å². The van der Waals surface area contributed by atoms with Crippen LogP contribution in [0.4, 0.5) is 0 Å². The number of carbonyl (C=O) groups excluding carboxylic acids is 12. The molecule has 35 heteroatoms. The van der Waals surface area contributed by atoms with Crippen molar-refractivity contribution in [2.24, 2.45) is 17.2 Å². The Kier molecular flexibility index (Phi) is 36.9. The summed E-state index contributed by atoms with van der Waals surface area (Å²) in [5.41, 5.74) is 23.1. The molecule has 0 unspecified atom stereocenters. The molecule has 0 spiro atoms. The Balaban J connectivity index is 1.24. The maximum atomic E-state index is 16.0. The Morgan fingerprint density at radius 1 is 0.529 bits per heavy atom. The van der Waals surface area contributed by atoms with Crippen LogP contribution in [0, 0.1) is 3.57 Å². The summed E-state index contributed by atoms with van der Waals surface area (Å²) in [5.74, 6) is -12.7. The summed E-state index contributed by atoms with van der Waals surface area (Å²) in [6.45, 7) is 5.84. The SMILES string of the molecule is CC(C)NCc1ccc(C[C@H]2C(=O)N[C@H]([C@@H](C)O)C(=O)N[C@@H](Cc3ccccc3)C(=O)N[C@H]([C@@H](C)O)C(=O)N[C@@H](CO)C(=O)N[C@H](C(N)=O)CSSC[C@@H](NC(=O)[C@@H](N)Cc3ccc(O)cc3I)C(=O)N[C@H](CCCCN)C(=O)N[C@H](Cc3ccccc3)C(=O)N[C@@H](Cc3ccccc3)C(=O)N[C@@H](Cc3c[nH]c4ccccc34)C(=O)N2C)cc1. The van der Waals surface area contributed by atoms with Crippen molar-refractivity contribution in [2.45, 2.75) is 183 Å². The van der Waals surface area contributed by atoms with Gasteiger partial charge >= 0.3 is 0 Å². The number of phenols is 1. The van der Waals surface area contributed by atoms with Crippen LogP contribution < -0.4 is 75.7 Å². The third-order valence-electron chi connectivity index (χ3n) is 19.9. The van der Waals surface area contributed by atoms with Gasteiger partial charge in [0.05, 0.1) is 24.9 Å². The number of nitrogens with zero attached hydrogens (tertiary/aromatic N) is 1. The molecule has 2 heterocycles. The summed E-state index contributed by atoms with van der Waals surface area (Å²) >= 11 is 1.97. The van der Waals surface area contributed by atoms with Gasteiger partial charge in [-0.1, -0.05) is 175 Å². The lowest BCUT2D eigenvalue weighted by Gasteiger charge is -2.33. The number of likely N-dealkylation sites (N-methyl/N-ethyl adjacent to an activating group) is 1. The molecule has 8 rings (SSSR count). The normalized spacial score (nSPS) is 22.7. The molecule has 1 fully saturated rings. The number of rotatable bonds is 25. The number of aliphatic hydroxyl groups is 3. The number of hydrogen-bond donors (Lipinski definition) is 19. The van der Waals surface area contributed by atoms with Crippen molar-refractivity contribution in [3.63, 3.8) is 0 Å². The van der Waals surface area contributed by atoms with E-state index in [4.69, 9.17) is 17.2 Å². The van der Waals surface area contributed by atoms with E-state index in [0.717, 1.165) is 39.0 Å². The highest BCUT2D eigenvalue weighted by Crippen LogP contribution is 2.26. The van der Waals surface area contributed by atoms with Gasteiger partial charge in [-0.15, -0.1) is 0 Å². The molecule has 1 saturated heterocycles. The van der Waals surface area contributed by atoms with E-state index >= 15 is 28.8 Å². The van der Waals surface area contributed by atoms with Crippen molar-refractivity contribution < 1.29 is 78.0 Å². The van der Waals surface area contributed by atoms with E-state index in [1.54, 1.807) is 128 Å². The zero-order valence-electron chi connectivity index (χ0n) is 66.7. The van der Waals surface area contributed by atoms with Gasteiger partial charge in [-0.25, -0.2) is 0 Å². The van der Waals surface area contributed by atoms with Crippen LogP contribution in [0.5, 0.6) is 5.75 Å². The molecule has 0 radical (unpaired) electrons. The number of benzene rings is 6. The second-order valence-corrected chi connectivity index (χ2v) is 33.3. The molecule has 12 amide bonds. The Morgan fingerprint density at radius 2 is 1.00 bits per heavy atom. The maximum absolute atomic E-state index is 16.0. The van der Waals surface area contributed by atoms with E-state index in [1.165, 1.54) is 26.1 Å². The molecule has 32 nitrogen and oxygen atoms in total. The zero-order valence-corrected chi connectivity index (χ0v) is 70.5. The van der Waals surface area contributed by atoms with Gasteiger partial charge in [0.25, 0.3) is 0 Å². The quantitative estimate of drug-likeness (QED) is 0.0210. The first-order valence-corrected chi connectivity index (χ1v) is 42.7. The van der Waals surface area contributed by atoms with E-state index in [2.05, 4.69) is 63.5 Å². The van der Waals surface area contributed by atoms with Crippen LogP contribution in [-0.2, 0) is 103 Å². The number of halogens is 1. The molecule has 7 aromatic rings. The number of H-pyrrole nitrogens is 1. The third-order valence-corrected chi connectivity index (χ3v) is 23.4. The van der Waals surface area contributed by atoms with Gasteiger partial charge in [-0.3, -0.25) is 57.5 Å². The first-order chi connectivity index (χ1) is 56.9. The summed E-state index contributed by atoms with van der Waals surface area (Å²) in [6, 6.07) is 25.0. The van der Waals surface area contributed by atoms with Gasteiger partial charge in [-0.05, 0) is 126 Å². The highest BCUT2D eigenvalue weighted by molar-refractivity contribution is 14.1. The Hall–Kier alpha value is -10.5. The summed E-state index contributed by atoms with van der Waals surface area (Å²) in [5, 5.41) is 73.9. The van der Waals surface area contributed by atoms with Crippen LogP contribution >= 0.6 is 44.2 Å². The number of para-hydroxylation sites is 1. The van der Waals surface area contributed by atoms with E-state index in [0.29, 0.717) is 60.8 Å². The van der Waals surface area contributed by atoms with Crippen molar-refractivity contribution >= 4 is 126 Å². The minimum absolute atomic E-state index is 0.0364. The van der Waals surface area contributed by atoms with Crippen LogP contribution in [0.25, 0.3) is 10.9 Å². The number of unbranched alkanes of at least 4 members (excludes halogenated alkanes) is 1. The second kappa shape index (κ2) is 46.7. The van der Waals surface area contributed by atoms with Crippen LogP contribution in [0.2, 0.25) is 0 Å². The predicted octanol–water partition coefficient (Wildman–Crippen LogP) is 0.498. The smallest absolute Gasteiger partial charge is 0.245 e. The van der Waals surface area contributed by atoms with Crippen molar-refractivity contribution in [3.8, 4) is 5.75 Å². The number of hydrogen-bond acceptors (Lipinski definition) is 21. The molecule has 14 atom stereocenters. The molecular weight excluding hydrogens is 1680 g/mol. The lowest BCUT2D eigenvalue weighted by atomic mass is 9.98. The standard InChI is InChI=1S/C84H107IN16O16S2/c1-47(2)89-42-54-30-28-53(29-31-54)38-70-81(114)100-72(49(4)104)82(115)94-65(37-52-23-13-8-14-24-52)78(111)99-71(48(3)103)83(116)96-67(44-102)79(112)97-68(73(88)106)45-118-119-46-69(98-74(107)60(87)39-55-32-33-57(105)41-59(55)85)80(113)91-62(27-17-18-34-86)75(108)92-63(35-50-19-9-6-10-20-50)76(109)93-64(36-51-21-11-7-12-22-51)77(110)95-66(84(117)101(70)5)40-56-43-90-61-26-16-15-25-58(56)61/h6-16,19-26,28-33,41,43,47-49,60,62-72,89-90,102-105H,17-18,27,34-40,42,44-46,86-87H2,1-5H3,(H2,88,106)(H,91,113)(H,92,108)(H,93,109)(H,94,115)(H,95,110)(H,96,116)(H,97,112)(H,98,107)(H,99,111)(H,100,114)/t48-,49-,60+,62-,63-,64+,65+,66+,67+,68+,69-,70+,71-,72-/m1/s1. The molecular formula is C84H107IN16O16S2. The number of carbonyl (C=O) groups is 12. The van der Waals surface area contributed by atoms with Gasteiger partial charge in [0, 0.05) is 83.9 Å². The van der Waals surface area contributed by atoms with Crippen molar-refractivity contribution in [1.82, 2.24) is 68.4 Å². The molecule has 0 saturated carbocycles. The number of phenolic OH excluding ortho intramolecular Hbond substituents is 1. The number of aliphatic hydroxyl groups excluding tert-OH is 3. The average Bonchev–Trinajstić information content (AvgIpc) is 1.55. The number of aromatic amines is 1. The number of nitrogens with one attached hydrogen (secondary N) is 12. The highest BCUT2D eigenvalue weighted by Gasteiger charge is 2.41. The van der Waals surface area contributed by atoms with Crippen molar-refractivity contribution in [1.29, 1.82) is 0 Å². The Morgan fingerprint density at radius 3 is 1.53 bits per heavy atom. The molecule has 0 aliphatic carbocycles. The third kappa shape index (κ3) is 28.9. The van der Waals surface area contributed by atoms with Gasteiger partial charge in [0.1, 0.15) is 72.2 Å². The van der Waals surface area contributed by atoms with Crippen molar-refractivity contribution in [3.05, 3.63) is 206 Å². The molecule has 22 N–H and O–H groups in total. The number of fused-ring (bicyclic) bond motifs is 1. The molecule has 638 valence electrons. The molecule has 119 heavy (non-hydrogen) atoms. The van der Waals surface area contributed by atoms with Crippen LogP contribution in [0.15, 0.2) is 164 Å². The first-order valence-electron chi connectivity index (χ1n) is 39.1. The molecule has 1 aliphatic heterocycles. The summed E-state index contributed by atoms with van der Waals surface area (Å²) in [6.07, 6.45) is -2.52. The minimum Gasteiger partial charge on any atom is -0.508 e. The monoisotopic (exact) mass is 1790 g/mol. The number of amides is 12. The second-order valence-electron chi connectivity index (χ2n) is 29.6. The topological polar surface area (TPSA) is 515 Å². The van der Waals surface area contributed by atoms with E-state index in [9.17, 15) is 49.2 Å². The summed E-state index contributed by atoms with van der Waals surface area (Å²) < 4.78 is 0.579. The van der Waals surface area contributed by atoms with Crippen molar-refractivity contribution in [2.75, 3.05) is 31.7 Å². The van der Waals surface area contributed by atoms with Crippen LogP contribution in [0.1, 0.15) is 85.9 Å². The lowest BCUT2D eigenvalue weighted by Crippen LogP contribution is -2.63. The van der Waals surface area contributed by atoms with E-state index in [1.807, 2.05) is 60.7 Å². The van der Waals surface area contributed by atoms with Gasteiger partial charge in [0.2, 0.25) is 70.9 Å². The van der Waals surface area contributed by atoms with Gasteiger partial charge in [-0.2, -0.15) is 0 Å². The average molecular weight is 1790 g/mol. The fourth-order valence-corrected chi connectivity index (χ4v) is 16.2. The number of aromatic hydroxyl groups is 1. The van der Waals surface area contributed by atoms with Crippen LogP contribution in [0.3, 0.4) is 0 Å². The minimum atomic E-state index is -1.94. The molecule has 1 aromatic heterocycles. The fraction of sp³-hybridized carbons (Fsp3) is 0.405. The first kappa shape index (κ1) is 94.0. The largest absolute Gasteiger partial charge is 0.508 e. The predicted molar refractivity (Wildman–Crippen MR) is 460 cm³/mol. The fourth-order valence-electron chi connectivity index (χ4n) is 13.1. The molecule has 0 bridgehead atoms. The summed E-state index contributed by atoms with van der Waals surface area (Å²) in [7, 11) is 3.12.